The van der Waals surface area contributed by atoms with Crippen LogP contribution in [0.1, 0.15) is 23.8 Å². The van der Waals surface area contributed by atoms with E-state index in [4.69, 9.17) is 4.74 Å². The Morgan fingerprint density at radius 3 is 2.78 bits per heavy atom. The minimum absolute atomic E-state index is 0.709. The third-order valence-electron chi connectivity index (χ3n) is 3.13. The summed E-state index contributed by atoms with van der Waals surface area (Å²) in [6.07, 6.45) is 1.60. The van der Waals surface area contributed by atoms with E-state index in [1.165, 1.54) is 4.88 Å². The predicted molar refractivity (Wildman–Crippen MR) is 75.2 cm³/mol. The van der Waals surface area contributed by atoms with Crippen LogP contribution in [0.2, 0.25) is 0 Å². The molecule has 0 aliphatic heterocycles. The van der Waals surface area contributed by atoms with Crippen LogP contribution in [0, 0.1) is 0 Å². The average molecular weight is 262 g/mol. The van der Waals surface area contributed by atoms with Crippen LogP contribution in [0.25, 0.3) is 0 Å². The minimum Gasteiger partial charge on any atom is -0.497 e. The number of methoxy groups -OCH3 is 1. The maximum Gasteiger partial charge on any atom is 0.119 e. The van der Waals surface area contributed by atoms with Gasteiger partial charge in [0.25, 0.3) is 0 Å². The first-order chi connectivity index (χ1) is 8.62. The van der Waals surface area contributed by atoms with E-state index < -0.39 is 5.60 Å². The van der Waals surface area contributed by atoms with Gasteiger partial charge in [-0.25, -0.2) is 0 Å². The molecule has 2 rings (SSSR count). The van der Waals surface area contributed by atoms with Crippen LogP contribution >= 0.6 is 11.3 Å². The van der Waals surface area contributed by atoms with Crippen molar-refractivity contribution in [3.05, 3.63) is 52.2 Å². The molecule has 0 saturated heterocycles. The average Bonchev–Trinajstić information content (AvgIpc) is 2.90. The van der Waals surface area contributed by atoms with Gasteiger partial charge in [-0.15, -0.1) is 11.3 Å². The number of ether oxygens (including phenoxy) is 1. The zero-order valence-electron chi connectivity index (χ0n) is 10.7. The summed E-state index contributed by atoms with van der Waals surface area (Å²) in [5.74, 6) is 0.781. The first-order valence-electron chi connectivity index (χ1n) is 6.01. The van der Waals surface area contributed by atoms with E-state index in [1.807, 2.05) is 37.3 Å². The van der Waals surface area contributed by atoms with E-state index in [2.05, 4.69) is 11.4 Å². The van der Waals surface area contributed by atoms with Crippen molar-refractivity contribution in [2.45, 2.75) is 25.4 Å². The van der Waals surface area contributed by atoms with Crippen LogP contribution in [-0.4, -0.2) is 12.2 Å². The number of benzene rings is 1. The molecule has 2 aromatic rings. The highest BCUT2D eigenvalue weighted by atomic mass is 32.1. The van der Waals surface area contributed by atoms with Crippen LogP contribution in [-0.2, 0) is 12.0 Å². The lowest BCUT2D eigenvalue weighted by Crippen LogP contribution is -2.21. The molecule has 1 N–H and O–H groups in total. The molecule has 0 aliphatic carbocycles. The Morgan fingerprint density at radius 1 is 1.28 bits per heavy atom. The van der Waals surface area contributed by atoms with Gasteiger partial charge in [0.15, 0.2) is 0 Å². The highest BCUT2D eigenvalue weighted by Gasteiger charge is 2.23. The summed E-state index contributed by atoms with van der Waals surface area (Å²) in [5, 5.41) is 12.6. The quantitative estimate of drug-likeness (QED) is 0.892. The van der Waals surface area contributed by atoms with Crippen LogP contribution in [0.15, 0.2) is 41.8 Å². The highest BCUT2D eigenvalue weighted by Crippen LogP contribution is 2.29. The second-order valence-electron chi connectivity index (χ2n) is 4.59. The fourth-order valence-corrected chi connectivity index (χ4v) is 2.63. The molecular weight excluding hydrogens is 244 g/mol. The molecule has 3 heteroatoms. The molecule has 96 valence electrons. The number of thiophene rings is 1. The second-order valence-corrected chi connectivity index (χ2v) is 5.62. The van der Waals surface area contributed by atoms with Crippen molar-refractivity contribution in [3.63, 3.8) is 0 Å². The summed E-state index contributed by atoms with van der Waals surface area (Å²) in [4.78, 5) is 1.30. The van der Waals surface area contributed by atoms with E-state index >= 15 is 0 Å². The van der Waals surface area contributed by atoms with Gasteiger partial charge in [-0.3, -0.25) is 0 Å². The Hall–Kier alpha value is -1.32. The molecule has 1 atom stereocenters. The Labute approximate surface area is 112 Å². The lowest BCUT2D eigenvalue weighted by molar-refractivity contribution is 0.0480. The van der Waals surface area contributed by atoms with Gasteiger partial charge in [-0.1, -0.05) is 18.2 Å². The van der Waals surface area contributed by atoms with E-state index in [1.54, 1.807) is 18.4 Å². The van der Waals surface area contributed by atoms with Crippen molar-refractivity contribution in [1.82, 2.24) is 0 Å². The van der Waals surface area contributed by atoms with E-state index in [-0.39, 0.29) is 0 Å². The molecule has 1 unspecified atom stereocenters. The third kappa shape index (κ3) is 3.12. The Balaban J connectivity index is 2.09. The molecule has 18 heavy (non-hydrogen) atoms. The Kier molecular flexibility index (Phi) is 4.04. The van der Waals surface area contributed by atoms with Gasteiger partial charge in [0.2, 0.25) is 0 Å². The lowest BCUT2D eigenvalue weighted by atomic mass is 9.91. The summed E-state index contributed by atoms with van der Waals surface area (Å²) in [7, 11) is 1.64. The molecule has 2 nitrogen and oxygen atoms in total. The number of aliphatic hydroxyl groups is 1. The minimum atomic E-state index is -0.821. The molecule has 0 saturated carbocycles. The van der Waals surface area contributed by atoms with Crippen LogP contribution < -0.4 is 4.74 Å². The summed E-state index contributed by atoms with van der Waals surface area (Å²) in [6, 6.07) is 11.8. The topological polar surface area (TPSA) is 29.5 Å². The largest absolute Gasteiger partial charge is 0.497 e. The zero-order valence-corrected chi connectivity index (χ0v) is 11.5. The van der Waals surface area contributed by atoms with Crippen molar-refractivity contribution in [1.29, 1.82) is 0 Å². The first-order valence-corrected chi connectivity index (χ1v) is 6.89. The van der Waals surface area contributed by atoms with Crippen molar-refractivity contribution < 1.29 is 9.84 Å². The lowest BCUT2D eigenvalue weighted by Gasteiger charge is -2.24. The fraction of sp³-hybridized carbons (Fsp3) is 0.333. The number of hydrogen-bond donors (Lipinski definition) is 1. The van der Waals surface area contributed by atoms with Crippen molar-refractivity contribution >= 4 is 11.3 Å². The second kappa shape index (κ2) is 5.55. The molecule has 0 amide bonds. The molecule has 1 heterocycles. The van der Waals surface area contributed by atoms with Crippen molar-refractivity contribution in [3.8, 4) is 5.75 Å². The third-order valence-corrected chi connectivity index (χ3v) is 4.07. The van der Waals surface area contributed by atoms with E-state index in [9.17, 15) is 5.11 Å². The predicted octanol–water partition coefficient (Wildman–Crippen LogP) is 3.60. The van der Waals surface area contributed by atoms with Gasteiger partial charge >= 0.3 is 0 Å². The van der Waals surface area contributed by atoms with E-state index in [0.717, 1.165) is 17.7 Å². The molecule has 0 fully saturated rings. The number of rotatable bonds is 5. The van der Waals surface area contributed by atoms with Crippen LogP contribution in [0.5, 0.6) is 5.75 Å². The van der Waals surface area contributed by atoms with Crippen molar-refractivity contribution in [2.24, 2.45) is 0 Å². The van der Waals surface area contributed by atoms with Crippen LogP contribution in [0.4, 0.5) is 0 Å². The smallest absolute Gasteiger partial charge is 0.119 e. The number of aryl methyl sites for hydroxylation is 1. The molecule has 1 aromatic heterocycles. The molecule has 0 bridgehead atoms. The fourth-order valence-electron chi connectivity index (χ4n) is 1.92. The van der Waals surface area contributed by atoms with Gasteiger partial charge in [-0.2, -0.15) is 0 Å². The zero-order chi connectivity index (χ0) is 13.0. The maximum atomic E-state index is 10.6. The van der Waals surface area contributed by atoms with Gasteiger partial charge in [0.1, 0.15) is 5.75 Å². The molecule has 1 aromatic carbocycles. The van der Waals surface area contributed by atoms with Crippen LogP contribution in [0.3, 0.4) is 0 Å². The number of hydrogen-bond acceptors (Lipinski definition) is 3. The normalized spacial score (nSPS) is 14.2. The van der Waals surface area contributed by atoms with E-state index in [0.29, 0.717) is 6.42 Å². The van der Waals surface area contributed by atoms with Gasteiger partial charge in [0, 0.05) is 4.88 Å². The Bertz CT molecular complexity index is 489. The summed E-state index contributed by atoms with van der Waals surface area (Å²) >= 11 is 1.73. The van der Waals surface area contributed by atoms with Gasteiger partial charge in [0.05, 0.1) is 12.7 Å². The molecular formula is C15H18O2S. The molecule has 0 spiro atoms. The summed E-state index contributed by atoms with van der Waals surface area (Å²) < 4.78 is 5.19. The SMILES string of the molecule is COc1cccc(C(C)(O)CCc2cccs2)c1. The first kappa shape index (κ1) is 13.1. The Morgan fingerprint density at radius 2 is 2.11 bits per heavy atom. The monoisotopic (exact) mass is 262 g/mol. The molecule has 0 aliphatic rings. The highest BCUT2D eigenvalue weighted by molar-refractivity contribution is 7.09. The van der Waals surface area contributed by atoms with Gasteiger partial charge < -0.3 is 9.84 Å². The maximum absolute atomic E-state index is 10.6. The molecule has 0 radical (unpaired) electrons. The standard InChI is InChI=1S/C15H18O2S/c1-15(16,9-8-14-7-4-10-18-14)12-5-3-6-13(11-12)17-2/h3-7,10-11,16H,8-9H2,1-2H3. The van der Waals surface area contributed by atoms with Gasteiger partial charge in [-0.05, 0) is 48.9 Å². The van der Waals surface area contributed by atoms with Crippen molar-refractivity contribution in [2.75, 3.05) is 7.11 Å². The summed E-state index contributed by atoms with van der Waals surface area (Å²) in [6.45, 7) is 1.86. The summed E-state index contributed by atoms with van der Waals surface area (Å²) in [5.41, 5.74) is 0.0804.